The van der Waals surface area contributed by atoms with Crippen molar-refractivity contribution in [2.45, 2.75) is 37.8 Å². The summed E-state index contributed by atoms with van der Waals surface area (Å²) in [6.45, 7) is 0. The van der Waals surface area contributed by atoms with Crippen LogP contribution in [0.4, 0.5) is 27.4 Å². The predicted molar refractivity (Wildman–Crippen MR) is 118 cm³/mol. The molecule has 2 aromatic rings. The van der Waals surface area contributed by atoms with Gasteiger partial charge in [0.1, 0.15) is 5.82 Å². The fourth-order valence-electron chi connectivity index (χ4n) is 3.37. The van der Waals surface area contributed by atoms with Crippen molar-refractivity contribution >= 4 is 35.1 Å². The van der Waals surface area contributed by atoms with Crippen LogP contribution in [0.3, 0.4) is 0 Å². The Bertz CT molecular complexity index is 930. The molecule has 1 aromatic heterocycles. The van der Waals surface area contributed by atoms with Crippen molar-refractivity contribution < 1.29 is 9.18 Å². The van der Waals surface area contributed by atoms with Crippen LogP contribution in [0.1, 0.15) is 36.0 Å². The normalized spacial score (nSPS) is 18.7. The second-order valence-corrected chi connectivity index (χ2v) is 7.15. The van der Waals surface area contributed by atoms with Crippen LogP contribution in [0, 0.1) is 11.2 Å². The molecule has 9 heteroatoms. The van der Waals surface area contributed by atoms with E-state index in [9.17, 15) is 9.18 Å². The van der Waals surface area contributed by atoms with Crippen molar-refractivity contribution in [1.82, 2.24) is 4.98 Å². The monoisotopic (exact) mass is 411 g/mol. The maximum Gasteiger partial charge on any atom is 0.252 e. The highest BCUT2D eigenvalue weighted by molar-refractivity contribution is 5.98. The highest BCUT2D eigenvalue weighted by atomic mass is 19.1. The average molecular weight is 411 g/mol. The van der Waals surface area contributed by atoms with Crippen LogP contribution in [0.5, 0.6) is 0 Å². The van der Waals surface area contributed by atoms with Gasteiger partial charge < -0.3 is 32.8 Å². The number of nitrogens with zero attached hydrogens (tertiary/aromatic N) is 1. The third kappa shape index (κ3) is 5.32. The van der Waals surface area contributed by atoms with E-state index in [4.69, 9.17) is 16.9 Å². The Morgan fingerprint density at radius 1 is 1.17 bits per heavy atom. The van der Waals surface area contributed by atoms with E-state index in [1.165, 1.54) is 6.21 Å². The first-order chi connectivity index (χ1) is 14.5. The fraction of sp³-hybridized carbons (Fsp3) is 0.286. The summed E-state index contributed by atoms with van der Waals surface area (Å²) in [5.74, 6) is -1.22. The molecule has 1 fully saturated rings. The molecule has 8 N–H and O–H groups in total. The second-order valence-electron chi connectivity index (χ2n) is 7.15. The number of pyridine rings is 1. The number of carbonyl (C=O) groups is 1. The van der Waals surface area contributed by atoms with Crippen LogP contribution in [-0.2, 0) is 0 Å². The molecule has 0 saturated heterocycles. The number of carbonyl (C=O) groups excluding carboxylic acids is 1. The van der Waals surface area contributed by atoms with Gasteiger partial charge in [0.15, 0.2) is 11.6 Å². The minimum atomic E-state index is -0.778. The minimum Gasteiger partial charge on any atom is -0.365 e. The molecule has 158 valence electrons. The van der Waals surface area contributed by atoms with Crippen molar-refractivity contribution in [3.8, 4) is 0 Å². The van der Waals surface area contributed by atoms with Gasteiger partial charge in [-0.3, -0.25) is 4.79 Å². The third-order valence-corrected chi connectivity index (χ3v) is 4.97. The van der Waals surface area contributed by atoms with E-state index in [1.807, 2.05) is 12.1 Å². The molecular weight excluding hydrogens is 385 g/mol. The lowest BCUT2D eigenvalue weighted by Crippen LogP contribution is -2.43. The van der Waals surface area contributed by atoms with Crippen molar-refractivity contribution in [1.29, 1.82) is 5.41 Å². The number of amides is 1. The Hall–Kier alpha value is -3.46. The largest absolute Gasteiger partial charge is 0.365 e. The number of benzene rings is 1. The van der Waals surface area contributed by atoms with Crippen molar-refractivity contribution in [2.24, 2.45) is 11.5 Å². The molecule has 30 heavy (non-hydrogen) atoms. The van der Waals surface area contributed by atoms with Gasteiger partial charge in [0, 0.05) is 35.9 Å². The Morgan fingerprint density at radius 2 is 1.87 bits per heavy atom. The van der Waals surface area contributed by atoms with E-state index >= 15 is 0 Å². The molecular formula is C21H26FN7O. The zero-order valence-corrected chi connectivity index (χ0v) is 16.5. The number of anilines is 4. The van der Waals surface area contributed by atoms with Crippen molar-refractivity contribution in [2.75, 3.05) is 16.0 Å². The summed E-state index contributed by atoms with van der Waals surface area (Å²) in [4.78, 5) is 16.1. The number of allylic oxidation sites excluding steroid dienone is 1. The maximum absolute atomic E-state index is 14.6. The van der Waals surface area contributed by atoms with E-state index in [-0.39, 0.29) is 29.3 Å². The van der Waals surface area contributed by atoms with Gasteiger partial charge in [0.25, 0.3) is 5.91 Å². The lowest BCUT2D eigenvalue weighted by Gasteiger charge is -2.30. The zero-order valence-electron chi connectivity index (χ0n) is 16.5. The van der Waals surface area contributed by atoms with Gasteiger partial charge in [0.2, 0.25) is 0 Å². The molecule has 0 unspecified atom stereocenters. The first-order valence-electron chi connectivity index (χ1n) is 9.79. The number of nitrogens with two attached hydrogens (primary N) is 2. The number of nitrogens with one attached hydrogen (secondary N) is 4. The molecule has 0 bridgehead atoms. The standard InChI is InChI=1S/C21H26FN7O/c22-16-12-15(19(25)30)20(29-21(16)28-18-5-2-1-4-17(18)24)27-14-8-6-13(7-9-14)26-11-3-10-23/h3,6-12,17-18,23,26H,1-2,4-5,24H2,(H2,25,30)(H2,27,28,29)/b11-3-,23-10?/t17-,18+/m0/s1. The number of aromatic nitrogens is 1. The molecule has 8 nitrogen and oxygen atoms in total. The Labute approximate surface area is 174 Å². The fourth-order valence-corrected chi connectivity index (χ4v) is 3.37. The van der Waals surface area contributed by atoms with Crippen LogP contribution in [0.15, 0.2) is 42.6 Å². The zero-order chi connectivity index (χ0) is 21.5. The molecule has 0 spiro atoms. The number of rotatable bonds is 8. The van der Waals surface area contributed by atoms with Gasteiger partial charge in [-0.1, -0.05) is 12.8 Å². The van der Waals surface area contributed by atoms with Gasteiger partial charge in [0.05, 0.1) is 5.56 Å². The first-order valence-corrected chi connectivity index (χ1v) is 9.79. The summed E-state index contributed by atoms with van der Waals surface area (Å²) < 4.78 is 14.6. The van der Waals surface area contributed by atoms with E-state index in [2.05, 4.69) is 20.9 Å². The predicted octanol–water partition coefficient (Wildman–Crippen LogP) is 3.32. The van der Waals surface area contributed by atoms with E-state index in [0.717, 1.165) is 37.4 Å². The number of primary amides is 1. The lowest BCUT2D eigenvalue weighted by molar-refractivity contribution is 0.100. The molecule has 1 amide bonds. The Morgan fingerprint density at radius 3 is 2.53 bits per heavy atom. The molecule has 1 aliphatic rings. The Kier molecular flexibility index (Phi) is 6.97. The highest BCUT2D eigenvalue weighted by Crippen LogP contribution is 2.27. The van der Waals surface area contributed by atoms with E-state index in [1.54, 1.807) is 24.4 Å². The molecule has 3 rings (SSSR count). The summed E-state index contributed by atoms with van der Waals surface area (Å²) in [7, 11) is 0. The van der Waals surface area contributed by atoms with Crippen LogP contribution >= 0.6 is 0 Å². The summed E-state index contributed by atoms with van der Waals surface area (Å²) in [6.07, 6.45) is 8.15. The smallest absolute Gasteiger partial charge is 0.252 e. The molecule has 1 heterocycles. The van der Waals surface area contributed by atoms with Gasteiger partial charge in [-0.2, -0.15) is 0 Å². The molecule has 0 aliphatic heterocycles. The van der Waals surface area contributed by atoms with E-state index < -0.39 is 11.7 Å². The minimum absolute atomic E-state index is 0.0397. The molecule has 1 aliphatic carbocycles. The van der Waals surface area contributed by atoms with Crippen LogP contribution in [0.25, 0.3) is 0 Å². The molecule has 2 atom stereocenters. The lowest BCUT2D eigenvalue weighted by atomic mass is 9.91. The van der Waals surface area contributed by atoms with Crippen molar-refractivity contribution in [3.05, 3.63) is 54.0 Å². The average Bonchev–Trinajstić information content (AvgIpc) is 2.73. The van der Waals surface area contributed by atoms with Crippen molar-refractivity contribution in [3.63, 3.8) is 0 Å². The van der Waals surface area contributed by atoms with Crippen LogP contribution in [0.2, 0.25) is 0 Å². The van der Waals surface area contributed by atoms with Crippen LogP contribution in [-0.4, -0.2) is 29.2 Å². The van der Waals surface area contributed by atoms with Gasteiger partial charge in [-0.15, -0.1) is 0 Å². The summed E-state index contributed by atoms with van der Waals surface area (Å²) >= 11 is 0. The van der Waals surface area contributed by atoms with Crippen LogP contribution < -0.4 is 27.4 Å². The molecule has 1 aromatic carbocycles. The highest BCUT2D eigenvalue weighted by Gasteiger charge is 2.24. The molecule has 0 radical (unpaired) electrons. The molecule has 1 saturated carbocycles. The van der Waals surface area contributed by atoms with Gasteiger partial charge in [-0.05, 0) is 49.2 Å². The topological polar surface area (TPSA) is 142 Å². The number of hydrogen-bond donors (Lipinski definition) is 6. The third-order valence-electron chi connectivity index (χ3n) is 4.97. The first kappa shape index (κ1) is 21.3. The van der Waals surface area contributed by atoms with E-state index in [0.29, 0.717) is 5.69 Å². The maximum atomic E-state index is 14.6. The number of hydrogen-bond acceptors (Lipinski definition) is 7. The van der Waals surface area contributed by atoms with Gasteiger partial charge in [-0.25, -0.2) is 9.37 Å². The Balaban J connectivity index is 1.82. The number of halogens is 1. The second kappa shape index (κ2) is 9.84. The van der Waals surface area contributed by atoms with Gasteiger partial charge >= 0.3 is 0 Å². The summed E-state index contributed by atoms with van der Waals surface area (Å²) in [6, 6.07) is 8.11. The quantitative estimate of drug-likeness (QED) is 0.368. The summed E-state index contributed by atoms with van der Waals surface area (Å²) in [5, 5.41) is 16.1. The SMILES string of the molecule is N=C/C=C\Nc1ccc(Nc2nc(N[C@@H]3CCCC[C@@H]3N)c(F)cc2C(N)=O)cc1. The summed E-state index contributed by atoms with van der Waals surface area (Å²) in [5.41, 5.74) is 13.0.